The Labute approximate surface area is 230 Å². The van der Waals surface area contributed by atoms with Crippen LogP contribution in [-0.4, -0.2) is 79.3 Å². The van der Waals surface area contributed by atoms with Gasteiger partial charge in [-0.3, -0.25) is 19.2 Å². The van der Waals surface area contributed by atoms with Gasteiger partial charge in [-0.15, -0.1) is 5.10 Å². The highest BCUT2D eigenvalue weighted by Crippen LogP contribution is 2.30. The maximum atomic E-state index is 13.1. The van der Waals surface area contributed by atoms with Gasteiger partial charge in [-0.05, 0) is 38.4 Å². The summed E-state index contributed by atoms with van der Waals surface area (Å²) in [6.45, 7) is 7.35. The molecule has 204 valence electrons. The molecular formula is C24H32Cl2N10O2. The largest absolute Gasteiger partial charge is 0.402 e. The highest BCUT2D eigenvalue weighted by atomic mass is 35.5. The molecule has 0 saturated carbocycles. The Morgan fingerprint density at radius 3 is 2.50 bits per heavy atom. The number of hydrogen-bond donors (Lipinski definition) is 2. The standard InChI is InChI=1S/C24H32Cl2N10O2/c1-3-15-13-35(22-19(26)30-18(23(37)33(22)2)21-31-32-24(28)38-21)10-11-36(15)16-6-8-34(9-7-16)12-14-4-5-17(25)29-20(14)27/h4-5,15-16H,3,6-13H2,1-2H3,(H2,27,29)(H2,28,32)/t15-/m0/s1. The summed E-state index contributed by atoms with van der Waals surface area (Å²) in [5.74, 6) is 1.04. The molecule has 1 atom stereocenters. The Hall–Kier alpha value is -2.93. The van der Waals surface area contributed by atoms with Gasteiger partial charge in [0.15, 0.2) is 10.8 Å². The van der Waals surface area contributed by atoms with E-state index in [0.29, 0.717) is 28.9 Å². The van der Waals surface area contributed by atoms with E-state index in [-0.39, 0.29) is 28.3 Å². The second-order valence-electron chi connectivity index (χ2n) is 9.82. The lowest BCUT2D eigenvalue weighted by Gasteiger charge is -2.48. The van der Waals surface area contributed by atoms with Crippen LogP contribution < -0.4 is 21.9 Å². The summed E-state index contributed by atoms with van der Waals surface area (Å²) >= 11 is 12.5. The molecule has 2 saturated heterocycles. The molecule has 0 spiro atoms. The average molecular weight is 563 g/mol. The van der Waals surface area contributed by atoms with Gasteiger partial charge in [0.05, 0.1) is 0 Å². The lowest BCUT2D eigenvalue weighted by molar-refractivity contribution is 0.0609. The minimum atomic E-state index is -0.368. The van der Waals surface area contributed by atoms with Crippen LogP contribution in [0.15, 0.2) is 21.3 Å². The van der Waals surface area contributed by atoms with E-state index in [9.17, 15) is 4.79 Å². The van der Waals surface area contributed by atoms with E-state index in [1.54, 1.807) is 13.1 Å². The number of piperazine rings is 1. The fraction of sp³-hybridized carbons (Fsp3) is 0.542. The third kappa shape index (κ3) is 5.31. The number of halogens is 2. The van der Waals surface area contributed by atoms with Crippen LogP contribution in [0.1, 0.15) is 31.7 Å². The molecule has 12 nitrogen and oxygen atoms in total. The molecule has 3 aromatic heterocycles. The molecule has 0 aliphatic carbocycles. The highest BCUT2D eigenvalue weighted by Gasteiger charge is 2.35. The number of nitrogen functional groups attached to an aromatic ring is 2. The van der Waals surface area contributed by atoms with Crippen molar-refractivity contribution in [3.63, 3.8) is 0 Å². The Morgan fingerprint density at radius 1 is 1.08 bits per heavy atom. The summed E-state index contributed by atoms with van der Waals surface area (Å²) in [7, 11) is 1.68. The SMILES string of the molecule is CC[C@H]1CN(c2c(Cl)nc(-c3nnc(N)o3)c(=O)n2C)CCN1C1CCN(Cc2ccc(Cl)nc2N)CC1. The molecule has 2 fully saturated rings. The second kappa shape index (κ2) is 11.0. The molecule has 0 aromatic carbocycles. The molecule has 4 N–H and O–H groups in total. The van der Waals surface area contributed by atoms with Gasteiger partial charge in [0.2, 0.25) is 0 Å². The van der Waals surface area contributed by atoms with Gasteiger partial charge in [0.1, 0.15) is 16.8 Å². The van der Waals surface area contributed by atoms with Gasteiger partial charge in [0.25, 0.3) is 11.4 Å². The molecule has 5 rings (SSSR count). The summed E-state index contributed by atoms with van der Waals surface area (Å²) < 4.78 is 6.70. The van der Waals surface area contributed by atoms with Crippen LogP contribution in [0.5, 0.6) is 0 Å². The van der Waals surface area contributed by atoms with E-state index in [0.717, 1.165) is 64.1 Å². The number of nitrogens with two attached hydrogens (primary N) is 2. The first-order valence-electron chi connectivity index (χ1n) is 12.7. The molecular weight excluding hydrogens is 531 g/mol. The Bertz CT molecular complexity index is 1350. The molecule has 2 aliphatic rings. The van der Waals surface area contributed by atoms with Gasteiger partial charge < -0.3 is 20.8 Å². The van der Waals surface area contributed by atoms with Gasteiger partial charge in [-0.2, -0.15) is 0 Å². The monoisotopic (exact) mass is 562 g/mol. The third-order valence-corrected chi connectivity index (χ3v) is 8.02. The lowest BCUT2D eigenvalue weighted by Crippen LogP contribution is -2.59. The van der Waals surface area contributed by atoms with Crippen LogP contribution in [0.4, 0.5) is 17.7 Å². The number of aromatic nitrogens is 5. The summed E-state index contributed by atoms with van der Waals surface area (Å²) in [6.07, 6.45) is 3.16. The van der Waals surface area contributed by atoms with Crippen LogP contribution in [0.2, 0.25) is 10.3 Å². The number of piperidine rings is 1. The molecule has 38 heavy (non-hydrogen) atoms. The van der Waals surface area contributed by atoms with Crippen LogP contribution >= 0.6 is 23.2 Å². The normalized spacial score (nSPS) is 19.8. The first kappa shape index (κ1) is 26.7. The van der Waals surface area contributed by atoms with E-state index < -0.39 is 0 Å². The van der Waals surface area contributed by atoms with Crippen molar-refractivity contribution in [2.45, 2.75) is 44.8 Å². The van der Waals surface area contributed by atoms with Crippen molar-refractivity contribution in [1.82, 2.24) is 34.5 Å². The van der Waals surface area contributed by atoms with Crippen LogP contribution in [-0.2, 0) is 13.6 Å². The van der Waals surface area contributed by atoms with Crippen LogP contribution in [0, 0.1) is 0 Å². The van der Waals surface area contributed by atoms with Gasteiger partial charge >= 0.3 is 6.01 Å². The van der Waals surface area contributed by atoms with E-state index in [1.165, 1.54) is 4.57 Å². The summed E-state index contributed by atoms with van der Waals surface area (Å²) in [5, 5.41) is 8.02. The zero-order valence-electron chi connectivity index (χ0n) is 21.5. The summed E-state index contributed by atoms with van der Waals surface area (Å²) in [4.78, 5) is 28.7. The van der Waals surface area contributed by atoms with Crippen molar-refractivity contribution in [2.75, 3.05) is 49.1 Å². The molecule has 0 radical (unpaired) electrons. The lowest BCUT2D eigenvalue weighted by atomic mass is 9.98. The Morgan fingerprint density at radius 2 is 1.84 bits per heavy atom. The van der Waals surface area contributed by atoms with E-state index in [4.69, 9.17) is 39.1 Å². The van der Waals surface area contributed by atoms with Crippen molar-refractivity contribution in [1.29, 1.82) is 0 Å². The highest BCUT2D eigenvalue weighted by molar-refractivity contribution is 6.31. The van der Waals surface area contributed by atoms with Crippen molar-refractivity contribution in [3.05, 3.63) is 38.4 Å². The minimum absolute atomic E-state index is 0.0148. The number of anilines is 3. The summed E-state index contributed by atoms with van der Waals surface area (Å²) in [6, 6.07) is 4.44. The number of pyridine rings is 1. The zero-order valence-corrected chi connectivity index (χ0v) is 23.0. The molecule has 0 unspecified atom stereocenters. The predicted octanol–water partition coefficient (Wildman–Crippen LogP) is 2.26. The van der Waals surface area contributed by atoms with Crippen molar-refractivity contribution in [2.24, 2.45) is 7.05 Å². The second-order valence-corrected chi connectivity index (χ2v) is 10.6. The Kier molecular flexibility index (Phi) is 7.75. The van der Waals surface area contributed by atoms with Gasteiger partial charge in [-0.25, -0.2) is 9.97 Å². The zero-order chi connectivity index (χ0) is 27.0. The molecule has 2 aliphatic heterocycles. The van der Waals surface area contributed by atoms with Gasteiger partial charge in [0, 0.05) is 50.9 Å². The topological polar surface area (TPSA) is 148 Å². The average Bonchev–Trinajstić information content (AvgIpc) is 3.34. The number of nitrogens with zero attached hydrogens (tertiary/aromatic N) is 8. The fourth-order valence-electron chi connectivity index (χ4n) is 5.57. The third-order valence-electron chi connectivity index (χ3n) is 7.56. The van der Waals surface area contributed by atoms with E-state index >= 15 is 0 Å². The fourth-order valence-corrected chi connectivity index (χ4v) is 6.06. The molecule has 0 bridgehead atoms. The van der Waals surface area contributed by atoms with Gasteiger partial charge in [-0.1, -0.05) is 41.3 Å². The minimum Gasteiger partial charge on any atom is -0.402 e. The van der Waals surface area contributed by atoms with Crippen molar-refractivity contribution < 1.29 is 4.42 Å². The predicted molar refractivity (Wildman–Crippen MR) is 147 cm³/mol. The van der Waals surface area contributed by atoms with Crippen LogP contribution in [0.25, 0.3) is 11.6 Å². The van der Waals surface area contributed by atoms with E-state index in [1.807, 2.05) is 6.07 Å². The van der Waals surface area contributed by atoms with E-state index in [2.05, 4.69) is 41.8 Å². The maximum Gasteiger partial charge on any atom is 0.313 e. The molecule has 3 aromatic rings. The maximum absolute atomic E-state index is 13.1. The van der Waals surface area contributed by atoms with Crippen molar-refractivity contribution in [3.8, 4) is 11.6 Å². The molecule has 14 heteroatoms. The molecule has 0 amide bonds. The number of hydrogen-bond acceptors (Lipinski definition) is 11. The van der Waals surface area contributed by atoms with Crippen LogP contribution in [0.3, 0.4) is 0 Å². The number of rotatable bonds is 6. The molecule has 5 heterocycles. The first-order valence-corrected chi connectivity index (χ1v) is 13.5. The Balaban J connectivity index is 1.25. The quantitative estimate of drug-likeness (QED) is 0.426. The smallest absolute Gasteiger partial charge is 0.313 e. The summed E-state index contributed by atoms with van der Waals surface area (Å²) in [5.41, 5.74) is 12.2. The first-order chi connectivity index (χ1) is 18.2. The number of likely N-dealkylation sites (tertiary alicyclic amines) is 1. The van der Waals surface area contributed by atoms with Crippen molar-refractivity contribution >= 4 is 40.9 Å².